The summed E-state index contributed by atoms with van der Waals surface area (Å²) >= 11 is 0. The molecule has 1 unspecified atom stereocenters. The van der Waals surface area contributed by atoms with Gasteiger partial charge in [-0.3, -0.25) is 9.69 Å². The second kappa shape index (κ2) is 6.91. The molecule has 1 saturated heterocycles. The molecule has 5 heteroatoms. The molecular formula is C16H25N3O2. The van der Waals surface area contributed by atoms with Crippen LogP contribution in [0.4, 0.5) is 0 Å². The minimum Gasteiger partial charge on any atom is -0.497 e. The van der Waals surface area contributed by atoms with E-state index < -0.39 is 6.04 Å². The Hall–Kier alpha value is -1.59. The van der Waals surface area contributed by atoms with Gasteiger partial charge in [-0.05, 0) is 31.5 Å². The highest BCUT2D eigenvalue weighted by atomic mass is 16.5. The zero-order valence-corrected chi connectivity index (χ0v) is 13.1. The summed E-state index contributed by atoms with van der Waals surface area (Å²) in [7, 11) is 1.68. The van der Waals surface area contributed by atoms with E-state index in [9.17, 15) is 4.79 Å². The monoisotopic (exact) mass is 291 g/mol. The number of amides is 1. The lowest BCUT2D eigenvalue weighted by molar-refractivity contribution is -0.134. The summed E-state index contributed by atoms with van der Waals surface area (Å²) in [6.45, 7) is 7.17. The van der Waals surface area contributed by atoms with Gasteiger partial charge in [0, 0.05) is 32.2 Å². The number of benzene rings is 1. The summed E-state index contributed by atoms with van der Waals surface area (Å²) in [6.07, 6.45) is 0. The first-order chi connectivity index (χ1) is 10.0. The summed E-state index contributed by atoms with van der Waals surface area (Å²) in [5.74, 6) is 0.925. The molecule has 21 heavy (non-hydrogen) atoms. The van der Waals surface area contributed by atoms with Crippen LogP contribution < -0.4 is 10.5 Å². The number of hydrogen-bond donors (Lipinski definition) is 1. The predicted octanol–water partition coefficient (Wildman–Crippen LogP) is 1.25. The first kappa shape index (κ1) is 15.8. The maximum absolute atomic E-state index is 11.9. The lowest BCUT2D eigenvalue weighted by atomic mass is 10.1. The highest BCUT2D eigenvalue weighted by Gasteiger charge is 2.26. The van der Waals surface area contributed by atoms with E-state index in [-0.39, 0.29) is 5.91 Å². The van der Waals surface area contributed by atoms with Gasteiger partial charge in [-0.15, -0.1) is 0 Å². The molecule has 1 fully saturated rings. The summed E-state index contributed by atoms with van der Waals surface area (Å²) < 4.78 is 5.28. The van der Waals surface area contributed by atoms with Crippen molar-refractivity contribution >= 4 is 5.91 Å². The predicted molar refractivity (Wildman–Crippen MR) is 83.2 cm³/mol. The fourth-order valence-corrected chi connectivity index (χ4v) is 2.73. The van der Waals surface area contributed by atoms with Gasteiger partial charge >= 0.3 is 0 Å². The third kappa shape index (κ3) is 3.74. The molecule has 116 valence electrons. The van der Waals surface area contributed by atoms with Gasteiger partial charge in [0.15, 0.2) is 0 Å². The number of methoxy groups -OCH3 is 1. The fraction of sp³-hybridized carbons (Fsp3) is 0.562. The minimum atomic E-state index is -0.410. The molecule has 5 nitrogen and oxygen atoms in total. The molecule has 0 spiro atoms. The topological polar surface area (TPSA) is 58.8 Å². The molecule has 2 atom stereocenters. The number of ether oxygens (including phenoxy) is 1. The summed E-state index contributed by atoms with van der Waals surface area (Å²) in [5, 5.41) is 0. The molecule has 1 heterocycles. The molecule has 1 aromatic carbocycles. The normalized spacial score (nSPS) is 19.1. The lowest BCUT2D eigenvalue weighted by Crippen LogP contribution is -2.52. The van der Waals surface area contributed by atoms with Crippen LogP contribution in [0.15, 0.2) is 24.3 Å². The van der Waals surface area contributed by atoms with Crippen molar-refractivity contribution in [2.75, 3.05) is 33.3 Å². The zero-order valence-electron chi connectivity index (χ0n) is 13.1. The molecule has 1 aliphatic rings. The van der Waals surface area contributed by atoms with E-state index in [0.717, 1.165) is 31.9 Å². The highest BCUT2D eigenvalue weighted by molar-refractivity contribution is 5.81. The Balaban J connectivity index is 1.96. The Kier molecular flexibility index (Phi) is 5.20. The van der Waals surface area contributed by atoms with Crippen LogP contribution in [0.3, 0.4) is 0 Å². The van der Waals surface area contributed by atoms with Crippen LogP contribution in [0.1, 0.15) is 25.5 Å². The summed E-state index contributed by atoms with van der Waals surface area (Å²) in [6, 6.07) is 8.06. The van der Waals surface area contributed by atoms with Gasteiger partial charge in [0.25, 0.3) is 0 Å². The third-order valence-corrected chi connectivity index (χ3v) is 4.14. The van der Waals surface area contributed by atoms with Crippen molar-refractivity contribution < 1.29 is 9.53 Å². The van der Waals surface area contributed by atoms with Gasteiger partial charge in [-0.25, -0.2) is 0 Å². The van der Waals surface area contributed by atoms with Crippen molar-refractivity contribution in [2.24, 2.45) is 5.73 Å². The Morgan fingerprint density at radius 1 is 1.24 bits per heavy atom. The van der Waals surface area contributed by atoms with E-state index in [1.807, 2.05) is 17.0 Å². The average molecular weight is 291 g/mol. The van der Waals surface area contributed by atoms with E-state index in [1.165, 1.54) is 5.56 Å². The van der Waals surface area contributed by atoms with Crippen LogP contribution in [0.2, 0.25) is 0 Å². The molecule has 2 rings (SSSR count). The molecule has 0 radical (unpaired) electrons. The summed E-state index contributed by atoms with van der Waals surface area (Å²) in [4.78, 5) is 16.1. The molecule has 0 saturated carbocycles. The van der Waals surface area contributed by atoms with Gasteiger partial charge in [-0.2, -0.15) is 0 Å². The Labute approximate surface area is 126 Å². The lowest BCUT2D eigenvalue weighted by Gasteiger charge is -2.38. The number of nitrogens with zero attached hydrogens (tertiary/aromatic N) is 2. The third-order valence-electron chi connectivity index (χ3n) is 4.14. The molecular weight excluding hydrogens is 266 g/mol. The van der Waals surface area contributed by atoms with E-state index in [1.54, 1.807) is 14.0 Å². The van der Waals surface area contributed by atoms with Crippen LogP contribution in [0.5, 0.6) is 5.75 Å². The Bertz CT molecular complexity index is 482. The average Bonchev–Trinajstić information content (AvgIpc) is 2.53. The van der Waals surface area contributed by atoms with Gasteiger partial charge in [0.1, 0.15) is 5.75 Å². The van der Waals surface area contributed by atoms with E-state index >= 15 is 0 Å². The van der Waals surface area contributed by atoms with E-state index in [2.05, 4.69) is 24.0 Å². The number of rotatable bonds is 4. The number of piperazine rings is 1. The number of hydrogen-bond acceptors (Lipinski definition) is 4. The molecule has 0 aromatic heterocycles. The van der Waals surface area contributed by atoms with Gasteiger partial charge < -0.3 is 15.4 Å². The number of carbonyl (C=O) groups excluding carboxylic acids is 1. The quantitative estimate of drug-likeness (QED) is 0.907. The van der Waals surface area contributed by atoms with Crippen LogP contribution in [-0.4, -0.2) is 55.0 Å². The first-order valence-corrected chi connectivity index (χ1v) is 7.45. The molecule has 0 aliphatic carbocycles. The minimum absolute atomic E-state index is 0.0451. The zero-order chi connectivity index (χ0) is 15.4. The van der Waals surface area contributed by atoms with Crippen molar-refractivity contribution in [3.05, 3.63) is 29.8 Å². The van der Waals surface area contributed by atoms with Crippen LogP contribution >= 0.6 is 0 Å². The summed E-state index contributed by atoms with van der Waals surface area (Å²) in [5.41, 5.74) is 6.90. The second-order valence-corrected chi connectivity index (χ2v) is 5.60. The highest BCUT2D eigenvalue weighted by Crippen LogP contribution is 2.24. The second-order valence-electron chi connectivity index (χ2n) is 5.60. The van der Waals surface area contributed by atoms with Gasteiger partial charge in [0.2, 0.25) is 5.91 Å². The molecule has 2 N–H and O–H groups in total. The number of carbonyl (C=O) groups is 1. The van der Waals surface area contributed by atoms with E-state index in [4.69, 9.17) is 10.5 Å². The van der Waals surface area contributed by atoms with Crippen molar-refractivity contribution in [1.29, 1.82) is 0 Å². The molecule has 1 aromatic rings. The SMILES string of the molecule is COc1cccc(C(C)N2CCN(C(=O)[C@@H](C)N)CC2)c1. The van der Waals surface area contributed by atoms with Gasteiger partial charge in [-0.1, -0.05) is 12.1 Å². The van der Waals surface area contributed by atoms with Crippen molar-refractivity contribution in [2.45, 2.75) is 25.9 Å². The van der Waals surface area contributed by atoms with Crippen LogP contribution in [0, 0.1) is 0 Å². The smallest absolute Gasteiger partial charge is 0.239 e. The van der Waals surface area contributed by atoms with Gasteiger partial charge in [0.05, 0.1) is 13.2 Å². The van der Waals surface area contributed by atoms with Crippen molar-refractivity contribution in [1.82, 2.24) is 9.80 Å². The number of nitrogens with two attached hydrogens (primary N) is 1. The fourth-order valence-electron chi connectivity index (χ4n) is 2.73. The molecule has 1 amide bonds. The Morgan fingerprint density at radius 2 is 1.90 bits per heavy atom. The largest absolute Gasteiger partial charge is 0.497 e. The van der Waals surface area contributed by atoms with Crippen LogP contribution in [-0.2, 0) is 4.79 Å². The Morgan fingerprint density at radius 3 is 2.48 bits per heavy atom. The van der Waals surface area contributed by atoms with Crippen LogP contribution in [0.25, 0.3) is 0 Å². The molecule has 0 bridgehead atoms. The van der Waals surface area contributed by atoms with Crippen molar-refractivity contribution in [3.63, 3.8) is 0 Å². The standard InChI is InChI=1S/C16H25N3O2/c1-12(17)16(20)19-9-7-18(8-10-19)13(2)14-5-4-6-15(11-14)21-3/h4-6,11-13H,7-10,17H2,1-3H3/t12-,13?/m1/s1. The first-order valence-electron chi connectivity index (χ1n) is 7.45. The molecule has 1 aliphatic heterocycles. The van der Waals surface area contributed by atoms with Crippen molar-refractivity contribution in [3.8, 4) is 5.75 Å². The maximum atomic E-state index is 11.9. The maximum Gasteiger partial charge on any atom is 0.239 e. The van der Waals surface area contributed by atoms with E-state index in [0.29, 0.717) is 6.04 Å².